The molecule has 0 spiro atoms. The number of amides is 1. The van der Waals surface area contributed by atoms with Gasteiger partial charge in [-0.25, -0.2) is 18.3 Å². The summed E-state index contributed by atoms with van der Waals surface area (Å²) in [5.74, 6) is 0.768. The number of halogens is 2. The van der Waals surface area contributed by atoms with E-state index in [1.54, 1.807) is 21.7 Å². The minimum absolute atomic E-state index is 0.0236. The van der Waals surface area contributed by atoms with E-state index in [-0.39, 0.29) is 11.7 Å². The standard InChI is InChI=1S/C22H28F2N4O2/c1-15(2)18-14-28(17-8-6-16(7-9-17)19(23)24)25-20(18)26-10-12-27(13-11-26)21(29)30-22(3,4)5/h6-9,14,19H,1,10-13H2,2-5H3. The predicted octanol–water partition coefficient (Wildman–Crippen LogP) is 4.90. The summed E-state index contributed by atoms with van der Waals surface area (Å²) >= 11 is 0. The molecule has 1 fully saturated rings. The number of nitrogens with zero attached hydrogens (tertiary/aromatic N) is 4. The van der Waals surface area contributed by atoms with Crippen molar-refractivity contribution in [3.05, 3.63) is 48.2 Å². The average molecular weight is 418 g/mol. The van der Waals surface area contributed by atoms with Crippen molar-refractivity contribution in [1.82, 2.24) is 14.7 Å². The van der Waals surface area contributed by atoms with Crippen LogP contribution >= 0.6 is 0 Å². The average Bonchev–Trinajstić information content (AvgIpc) is 3.12. The molecule has 30 heavy (non-hydrogen) atoms. The monoisotopic (exact) mass is 418 g/mol. The van der Waals surface area contributed by atoms with Crippen LogP contribution in [0.3, 0.4) is 0 Å². The van der Waals surface area contributed by atoms with E-state index in [1.807, 2.05) is 33.9 Å². The van der Waals surface area contributed by atoms with E-state index in [1.165, 1.54) is 12.1 Å². The van der Waals surface area contributed by atoms with Gasteiger partial charge < -0.3 is 14.5 Å². The Morgan fingerprint density at radius 3 is 2.23 bits per heavy atom. The molecule has 162 valence electrons. The highest BCUT2D eigenvalue weighted by atomic mass is 19.3. The van der Waals surface area contributed by atoms with Crippen molar-refractivity contribution < 1.29 is 18.3 Å². The third kappa shape index (κ3) is 4.98. The summed E-state index contributed by atoms with van der Waals surface area (Å²) in [7, 11) is 0. The lowest BCUT2D eigenvalue weighted by Gasteiger charge is -2.36. The maximum absolute atomic E-state index is 12.8. The minimum atomic E-state index is -2.50. The summed E-state index contributed by atoms with van der Waals surface area (Å²) in [4.78, 5) is 16.1. The topological polar surface area (TPSA) is 50.6 Å². The number of hydrogen-bond acceptors (Lipinski definition) is 4. The SMILES string of the molecule is C=C(C)c1cn(-c2ccc(C(F)F)cc2)nc1N1CCN(C(=O)OC(C)(C)C)CC1. The smallest absolute Gasteiger partial charge is 0.410 e. The van der Waals surface area contributed by atoms with E-state index in [4.69, 9.17) is 4.74 Å². The second-order valence-electron chi connectivity index (χ2n) is 8.44. The van der Waals surface area contributed by atoms with Crippen molar-refractivity contribution in [2.75, 3.05) is 31.1 Å². The van der Waals surface area contributed by atoms with Gasteiger partial charge in [0, 0.05) is 43.5 Å². The molecule has 8 heteroatoms. The molecule has 1 aromatic carbocycles. The van der Waals surface area contributed by atoms with E-state index >= 15 is 0 Å². The molecule has 0 N–H and O–H groups in total. The quantitative estimate of drug-likeness (QED) is 0.709. The van der Waals surface area contributed by atoms with Gasteiger partial charge in [0.15, 0.2) is 5.82 Å². The zero-order valence-electron chi connectivity index (χ0n) is 17.9. The first-order valence-corrected chi connectivity index (χ1v) is 9.92. The first-order valence-electron chi connectivity index (χ1n) is 9.92. The van der Waals surface area contributed by atoms with Crippen LogP contribution in [0.1, 0.15) is 45.2 Å². The molecule has 1 amide bonds. The predicted molar refractivity (Wildman–Crippen MR) is 113 cm³/mol. The first-order chi connectivity index (χ1) is 14.0. The van der Waals surface area contributed by atoms with Gasteiger partial charge in [-0.1, -0.05) is 18.7 Å². The summed E-state index contributed by atoms with van der Waals surface area (Å²) in [5.41, 5.74) is 1.89. The van der Waals surface area contributed by atoms with Crippen molar-refractivity contribution >= 4 is 17.5 Å². The Bertz CT molecular complexity index is 908. The van der Waals surface area contributed by atoms with Crippen LogP contribution in [-0.4, -0.2) is 52.6 Å². The van der Waals surface area contributed by atoms with E-state index in [0.29, 0.717) is 31.9 Å². The largest absolute Gasteiger partial charge is 0.444 e. The minimum Gasteiger partial charge on any atom is -0.444 e. The molecule has 2 aromatic rings. The molecule has 3 rings (SSSR count). The molecule has 1 aliphatic rings. The Morgan fingerprint density at radius 1 is 1.13 bits per heavy atom. The Hall–Kier alpha value is -2.90. The number of allylic oxidation sites excluding steroid dienone is 1. The highest BCUT2D eigenvalue weighted by Crippen LogP contribution is 2.28. The maximum atomic E-state index is 12.8. The Balaban J connectivity index is 1.76. The zero-order chi connectivity index (χ0) is 22.1. The molecule has 0 bridgehead atoms. The Morgan fingerprint density at radius 2 is 1.73 bits per heavy atom. The molecular weight excluding hydrogens is 390 g/mol. The fourth-order valence-electron chi connectivity index (χ4n) is 3.23. The van der Waals surface area contributed by atoms with Crippen LogP contribution < -0.4 is 4.90 Å². The number of carbonyl (C=O) groups excluding carboxylic acids is 1. The molecule has 1 aromatic heterocycles. The van der Waals surface area contributed by atoms with Crippen LogP contribution in [0.4, 0.5) is 19.4 Å². The fraction of sp³-hybridized carbons (Fsp3) is 0.455. The molecule has 0 aliphatic carbocycles. The van der Waals surface area contributed by atoms with Crippen molar-refractivity contribution in [3.63, 3.8) is 0 Å². The lowest BCUT2D eigenvalue weighted by molar-refractivity contribution is 0.0240. The number of piperazine rings is 1. The van der Waals surface area contributed by atoms with Crippen molar-refractivity contribution in [3.8, 4) is 5.69 Å². The molecule has 1 aliphatic heterocycles. The summed E-state index contributed by atoms with van der Waals surface area (Å²) in [6, 6.07) is 6.06. The molecular formula is C22H28F2N4O2. The van der Waals surface area contributed by atoms with Crippen LogP contribution in [-0.2, 0) is 4.74 Å². The summed E-state index contributed by atoms with van der Waals surface area (Å²) in [6.45, 7) is 13.8. The molecule has 2 heterocycles. The van der Waals surface area contributed by atoms with Gasteiger partial charge in [-0.05, 0) is 45.4 Å². The molecule has 0 saturated carbocycles. The van der Waals surface area contributed by atoms with Crippen LogP contribution in [0.5, 0.6) is 0 Å². The van der Waals surface area contributed by atoms with Crippen LogP contribution in [0.25, 0.3) is 11.3 Å². The zero-order valence-corrected chi connectivity index (χ0v) is 17.9. The highest BCUT2D eigenvalue weighted by Gasteiger charge is 2.28. The van der Waals surface area contributed by atoms with Gasteiger partial charge in [-0.3, -0.25) is 0 Å². The van der Waals surface area contributed by atoms with Gasteiger partial charge in [-0.15, -0.1) is 5.10 Å². The molecule has 0 atom stereocenters. The van der Waals surface area contributed by atoms with Gasteiger partial charge in [-0.2, -0.15) is 0 Å². The number of rotatable bonds is 4. The van der Waals surface area contributed by atoms with E-state index in [0.717, 1.165) is 17.0 Å². The number of hydrogen-bond donors (Lipinski definition) is 0. The Labute approximate surface area is 175 Å². The van der Waals surface area contributed by atoms with Crippen molar-refractivity contribution in [2.45, 2.75) is 39.7 Å². The van der Waals surface area contributed by atoms with Crippen LogP contribution in [0.2, 0.25) is 0 Å². The second kappa shape index (κ2) is 8.45. The number of ether oxygens (including phenoxy) is 1. The first kappa shape index (κ1) is 21.8. The van der Waals surface area contributed by atoms with Gasteiger partial charge in [0.1, 0.15) is 5.60 Å². The summed E-state index contributed by atoms with van der Waals surface area (Å²) < 4.78 is 32.8. The molecule has 1 saturated heterocycles. The lowest BCUT2D eigenvalue weighted by atomic mass is 10.1. The van der Waals surface area contributed by atoms with Crippen LogP contribution in [0.15, 0.2) is 37.0 Å². The molecule has 6 nitrogen and oxygen atoms in total. The molecule has 0 unspecified atom stereocenters. The van der Waals surface area contributed by atoms with Crippen molar-refractivity contribution in [1.29, 1.82) is 0 Å². The third-order valence-corrected chi connectivity index (χ3v) is 4.80. The van der Waals surface area contributed by atoms with Crippen LogP contribution in [0, 0.1) is 0 Å². The van der Waals surface area contributed by atoms with Crippen molar-refractivity contribution in [2.24, 2.45) is 0 Å². The number of aromatic nitrogens is 2. The van der Waals surface area contributed by atoms with Gasteiger partial charge in [0.2, 0.25) is 0 Å². The number of carbonyl (C=O) groups is 1. The summed E-state index contributed by atoms with van der Waals surface area (Å²) in [6.07, 6.45) is -0.957. The van der Waals surface area contributed by atoms with E-state index in [9.17, 15) is 13.6 Å². The lowest BCUT2D eigenvalue weighted by Crippen LogP contribution is -2.50. The normalized spacial score (nSPS) is 14.9. The van der Waals surface area contributed by atoms with E-state index < -0.39 is 12.0 Å². The third-order valence-electron chi connectivity index (χ3n) is 4.80. The number of anilines is 1. The Kier molecular flexibility index (Phi) is 6.14. The second-order valence-corrected chi connectivity index (χ2v) is 8.44. The number of benzene rings is 1. The maximum Gasteiger partial charge on any atom is 0.410 e. The fourth-order valence-corrected chi connectivity index (χ4v) is 3.23. The van der Waals surface area contributed by atoms with Gasteiger partial charge in [0.05, 0.1) is 5.69 Å². The van der Waals surface area contributed by atoms with Gasteiger partial charge in [0.25, 0.3) is 6.43 Å². The van der Waals surface area contributed by atoms with Gasteiger partial charge >= 0.3 is 6.09 Å². The van der Waals surface area contributed by atoms with E-state index in [2.05, 4.69) is 16.6 Å². The molecule has 0 radical (unpaired) electrons. The highest BCUT2D eigenvalue weighted by molar-refractivity contribution is 5.73. The summed E-state index contributed by atoms with van der Waals surface area (Å²) in [5, 5.41) is 4.69. The number of alkyl halides is 2.